The Balaban J connectivity index is 2.15. The summed E-state index contributed by atoms with van der Waals surface area (Å²) in [7, 11) is 0. The monoisotopic (exact) mass is 221 g/mol. The summed E-state index contributed by atoms with van der Waals surface area (Å²) in [4.78, 5) is 0. The first-order valence-electron chi connectivity index (χ1n) is 4.36. The zero-order valence-corrected chi connectivity index (χ0v) is 8.45. The fraction of sp³-hybridized carbons (Fsp3) is 0.111. The largest absolute Gasteiger partial charge is 0.454 e. The van der Waals surface area contributed by atoms with Crippen LogP contribution < -0.4 is 9.47 Å². The van der Waals surface area contributed by atoms with Crippen LogP contribution in [-0.2, 0) is 0 Å². The Hall–Kier alpha value is -1.82. The van der Waals surface area contributed by atoms with Crippen molar-refractivity contribution < 1.29 is 9.47 Å². The predicted molar refractivity (Wildman–Crippen MR) is 54.9 cm³/mol. The number of nitrogens with zero attached hydrogens (tertiary/aromatic N) is 2. The Morgan fingerprint density at radius 3 is 3.00 bits per heavy atom. The normalized spacial score (nSPS) is 13.1. The number of H-pyrrole nitrogens is 1. The summed E-state index contributed by atoms with van der Waals surface area (Å²) < 4.78 is 12.8. The molecular formula is C9H7N3O2S. The van der Waals surface area contributed by atoms with E-state index in [1.54, 1.807) is 10.9 Å². The summed E-state index contributed by atoms with van der Waals surface area (Å²) in [5.41, 5.74) is 0.901. The Labute approximate surface area is 90.3 Å². The van der Waals surface area contributed by atoms with Gasteiger partial charge in [0.25, 0.3) is 0 Å². The lowest BCUT2D eigenvalue weighted by Crippen LogP contribution is -1.93. The van der Waals surface area contributed by atoms with E-state index in [0.717, 1.165) is 17.2 Å². The minimum Gasteiger partial charge on any atom is -0.454 e. The van der Waals surface area contributed by atoms with Crippen molar-refractivity contribution in [2.45, 2.75) is 0 Å². The second-order valence-corrected chi connectivity index (χ2v) is 3.46. The third kappa shape index (κ3) is 1.30. The van der Waals surface area contributed by atoms with E-state index in [1.807, 2.05) is 18.2 Å². The first-order chi connectivity index (χ1) is 7.34. The lowest BCUT2D eigenvalue weighted by atomic mass is 10.3. The van der Waals surface area contributed by atoms with Gasteiger partial charge in [-0.05, 0) is 24.4 Å². The van der Waals surface area contributed by atoms with Gasteiger partial charge >= 0.3 is 0 Å². The second-order valence-electron chi connectivity index (χ2n) is 3.07. The van der Waals surface area contributed by atoms with Gasteiger partial charge in [0, 0.05) is 6.07 Å². The molecule has 0 amide bonds. The molecule has 2 heterocycles. The van der Waals surface area contributed by atoms with Crippen LogP contribution >= 0.6 is 12.2 Å². The molecule has 0 spiro atoms. The first kappa shape index (κ1) is 8.49. The lowest BCUT2D eigenvalue weighted by Gasteiger charge is -2.02. The molecule has 0 atom stereocenters. The molecule has 3 rings (SSSR count). The molecule has 0 saturated carbocycles. The number of rotatable bonds is 1. The van der Waals surface area contributed by atoms with Gasteiger partial charge in [0.15, 0.2) is 16.3 Å². The van der Waals surface area contributed by atoms with Crippen LogP contribution in [0, 0.1) is 4.77 Å². The molecule has 6 heteroatoms. The van der Waals surface area contributed by atoms with E-state index in [1.165, 1.54) is 0 Å². The van der Waals surface area contributed by atoms with E-state index in [-0.39, 0.29) is 6.79 Å². The average Bonchev–Trinajstić information content (AvgIpc) is 2.84. The van der Waals surface area contributed by atoms with Crippen LogP contribution in [0.25, 0.3) is 5.69 Å². The molecule has 0 saturated heterocycles. The van der Waals surface area contributed by atoms with Gasteiger partial charge in [-0.25, -0.2) is 0 Å². The fourth-order valence-electron chi connectivity index (χ4n) is 1.47. The number of hydrogen-bond acceptors (Lipinski definition) is 4. The zero-order chi connectivity index (χ0) is 10.3. The van der Waals surface area contributed by atoms with Crippen molar-refractivity contribution >= 4 is 12.2 Å². The smallest absolute Gasteiger partial charge is 0.231 e. The Morgan fingerprint density at radius 1 is 1.33 bits per heavy atom. The molecule has 1 aromatic carbocycles. The summed E-state index contributed by atoms with van der Waals surface area (Å²) in [5.74, 6) is 1.49. The van der Waals surface area contributed by atoms with Crippen molar-refractivity contribution in [2.75, 3.05) is 6.79 Å². The predicted octanol–water partition coefficient (Wildman–Crippen LogP) is 1.66. The summed E-state index contributed by atoms with van der Waals surface area (Å²) in [6, 6.07) is 5.62. The van der Waals surface area contributed by atoms with Crippen LogP contribution in [0.4, 0.5) is 0 Å². The maximum Gasteiger partial charge on any atom is 0.231 e. The number of nitrogens with one attached hydrogen (secondary N) is 1. The van der Waals surface area contributed by atoms with E-state index in [9.17, 15) is 0 Å². The Kier molecular flexibility index (Phi) is 1.75. The van der Waals surface area contributed by atoms with Gasteiger partial charge in [-0.3, -0.25) is 9.67 Å². The van der Waals surface area contributed by atoms with Gasteiger partial charge < -0.3 is 9.47 Å². The van der Waals surface area contributed by atoms with Crippen LogP contribution in [0.15, 0.2) is 24.5 Å². The standard InChI is InChI=1S/C9H7N3O2S/c15-9-11-10-4-12(9)6-1-2-7-8(3-6)14-5-13-7/h1-4H,5H2,(H,11,15). The molecule has 0 unspecified atom stereocenters. The highest BCUT2D eigenvalue weighted by Crippen LogP contribution is 2.33. The van der Waals surface area contributed by atoms with Gasteiger partial charge in [0.2, 0.25) is 6.79 Å². The maximum absolute atomic E-state index is 5.28. The molecule has 0 bridgehead atoms. The number of ether oxygens (including phenoxy) is 2. The number of fused-ring (bicyclic) bond motifs is 1. The molecule has 0 aliphatic carbocycles. The van der Waals surface area contributed by atoms with Gasteiger partial charge in [-0.1, -0.05) is 0 Å². The minimum atomic E-state index is 0.273. The van der Waals surface area contributed by atoms with Crippen LogP contribution in [0.2, 0.25) is 0 Å². The molecule has 15 heavy (non-hydrogen) atoms. The molecule has 1 aromatic heterocycles. The van der Waals surface area contributed by atoms with Crippen molar-refractivity contribution in [3.63, 3.8) is 0 Å². The van der Waals surface area contributed by atoms with Crippen LogP contribution in [-0.4, -0.2) is 21.6 Å². The SMILES string of the molecule is S=c1[nH]ncn1-c1ccc2c(c1)OCO2. The van der Waals surface area contributed by atoms with Crippen LogP contribution in [0.1, 0.15) is 0 Å². The zero-order valence-electron chi connectivity index (χ0n) is 7.64. The number of aromatic amines is 1. The molecule has 0 radical (unpaired) electrons. The summed E-state index contributed by atoms with van der Waals surface area (Å²) in [6.07, 6.45) is 1.62. The molecule has 2 aromatic rings. The molecule has 5 nitrogen and oxygen atoms in total. The maximum atomic E-state index is 5.28. The topological polar surface area (TPSA) is 52.1 Å². The van der Waals surface area contributed by atoms with Gasteiger partial charge in [-0.15, -0.1) is 0 Å². The molecule has 1 N–H and O–H groups in total. The van der Waals surface area contributed by atoms with Crippen molar-refractivity contribution in [1.82, 2.24) is 14.8 Å². The van der Waals surface area contributed by atoms with Gasteiger partial charge in [0.05, 0.1) is 5.69 Å². The molecule has 1 aliphatic heterocycles. The van der Waals surface area contributed by atoms with Crippen LogP contribution in [0.5, 0.6) is 11.5 Å². The van der Waals surface area contributed by atoms with Gasteiger partial charge in [-0.2, -0.15) is 5.10 Å². The second kappa shape index (κ2) is 3.09. The number of hydrogen-bond donors (Lipinski definition) is 1. The summed E-state index contributed by atoms with van der Waals surface area (Å²) >= 11 is 5.07. The Bertz CT molecular complexity index is 560. The van der Waals surface area contributed by atoms with Crippen LogP contribution in [0.3, 0.4) is 0 Å². The number of benzene rings is 1. The summed E-state index contributed by atoms with van der Waals surface area (Å²) in [5, 5.41) is 6.54. The van der Waals surface area contributed by atoms with E-state index >= 15 is 0 Å². The van der Waals surface area contributed by atoms with Gasteiger partial charge in [0.1, 0.15) is 6.33 Å². The fourth-order valence-corrected chi connectivity index (χ4v) is 1.67. The molecule has 76 valence electrons. The lowest BCUT2D eigenvalue weighted by molar-refractivity contribution is 0.174. The number of aromatic nitrogens is 3. The van der Waals surface area contributed by atoms with E-state index < -0.39 is 0 Å². The third-order valence-corrected chi connectivity index (χ3v) is 2.47. The van der Waals surface area contributed by atoms with E-state index in [2.05, 4.69) is 10.2 Å². The minimum absolute atomic E-state index is 0.273. The summed E-state index contributed by atoms with van der Waals surface area (Å²) in [6.45, 7) is 0.273. The molecule has 0 fully saturated rings. The van der Waals surface area contributed by atoms with E-state index in [4.69, 9.17) is 21.7 Å². The quantitative estimate of drug-likeness (QED) is 0.744. The highest BCUT2D eigenvalue weighted by Gasteiger charge is 2.13. The van der Waals surface area contributed by atoms with Crippen molar-refractivity contribution in [2.24, 2.45) is 0 Å². The highest BCUT2D eigenvalue weighted by atomic mass is 32.1. The first-order valence-corrected chi connectivity index (χ1v) is 4.77. The molecule has 1 aliphatic rings. The molecular weight excluding hydrogens is 214 g/mol. The Morgan fingerprint density at radius 2 is 2.20 bits per heavy atom. The van der Waals surface area contributed by atoms with Crippen molar-refractivity contribution in [3.8, 4) is 17.2 Å². The third-order valence-electron chi connectivity index (χ3n) is 2.19. The average molecular weight is 221 g/mol. The van der Waals surface area contributed by atoms with Crippen molar-refractivity contribution in [3.05, 3.63) is 29.3 Å². The highest BCUT2D eigenvalue weighted by molar-refractivity contribution is 7.71. The van der Waals surface area contributed by atoms with E-state index in [0.29, 0.717) is 4.77 Å². The van der Waals surface area contributed by atoms with Crippen molar-refractivity contribution in [1.29, 1.82) is 0 Å².